The maximum atomic E-state index is 12.2. The smallest absolute Gasteiger partial charge is 0.246 e. The molecule has 1 aromatic heterocycles. The van der Waals surface area contributed by atoms with E-state index in [0.29, 0.717) is 22.5 Å². The van der Waals surface area contributed by atoms with Crippen LogP contribution in [0.3, 0.4) is 0 Å². The summed E-state index contributed by atoms with van der Waals surface area (Å²) in [6, 6.07) is 12.7. The largest absolute Gasteiger partial charge is 0.461 e. The molecule has 10 nitrogen and oxygen atoms in total. The number of sulfonamides is 1. The van der Waals surface area contributed by atoms with E-state index in [1.165, 1.54) is 16.8 Å². The minimum absolute atomic E-state index is 0. The summed E-state index contributed by atoms with van der Waals surface area (Å²) < 4.78 is 24.0. The molecule has 0 spiro atoms. The van der Waals surface area contributed by atoms with Crippen molar-refractivity contribution in [2.75, 3.05) is 5.32 Å². The van der Waals surface area contributed by atoms with E-state index < -0.39 is 10.0 Å². The van der Waals surface area contributed by atoms with Crippen molar-refractivity contribution in [2.24, 2.45) is 5.14 Å². The Morgan fingerprint density at radius 3 is 2.39 bits per heavy atom. The Morgan fingerprint density at radius 2 is 1.77 bits per heavy atom. The Morgan fingerprint density at radius 1 is 1.10 bits per heavy atom. The van der Waals surface area contributed by atoms with Crippen molar-refractivity contribution < 1.29 is 23.8 Å². The van der Waals surface area contributed by atoms with Gasteiger partial charge >= 0.3 is 0 Å². The van der Waals surface area contributed by atoms with Crippen molar-refractivity contribution in [3.63, 3.8) is 0 Å². The molecule has 1 heterocycles. The summed E-state index contributed by atoms with van der Waals surface area (Å²) in [6.07, 6.45) is 3.27. The van der Waals surface area contributed by atoms with Crippen molar-refractivity contribution in [2.45, 2.75) is 11.4 Å². The predicted octanol–water partition coefficient (Wildman–Crippen LogP) is 0.0914. The molecule has 0 fully saturated rings. The summed E-state index contributed by atoms with van der Waals surface area (Å²) in [6.45, 7) is -0.0596. The number of benzene rings is 2. The first-order valence-corrected chi connectivity index (χ1v) is 9.98. The predicted molar refractivity (Wildman–Crippen MR) is 112 cm³/mol. The van der Waals surface area contributed by atoms with Gasteiger partial charge in [-0.15, -0.1) is 5.10 Å². The zero-order valence-corrected chi connectivity index (χ0v) is 16.7. The molecule has 0 unspecified atom stereocenters. The minimum Gasteiger partial charge on any atom is -0.461 e. The first-order chi connectivity index (χ1) is 14.3. The van der Waals surface area contributed by atoms with E-state index >= 15 is 0 Å². The Hall–Kier alpha value is -4.16. The molecule has 31 heavy (non-hydrogen) atoms. The molecule has 158 valence electrons. The van der Waals surface area contributed by atoms with Gasteiger partial charge < -0.3 is 15.9 Å². The van der Waals surface area contributed by atoms with E-state index in [9.17, 15) is 13.2 Å². The van der Waals surface area contributed by atoms with Crippen LogP contribution in [0.4, 0.5) is 5.69 Å². The molecule has 0 aliphatic carbocycles. The Kier molecular flexibility index (Phi) is 7.49. The number of nitrogens with one attached hydrogen (secondary N) is 1. The summed E-state index contributed by atoms with van der Waals surface area (Å²) in [5.41, 5.74) is 2.39. The van der Waals surface area contributed by atoms with Gasteiger partial charge in [0, 0.05) is 22.7 Å². The van der Waals surface area contributed by atoms with Gasteiger partial charge in [-0.25, -0.2) is 18.2 Å². The molecule has 3 rings (SSSR count). The average molecular weight is 439 g/mol. The molecule has 0 radical (unpaired) electrons. The van der Waals surface area contributed by atoms with Gasteiger partial charge in [0.25, 0.3) is 0 Å². The number of rotatable bonds is 5. The van der Waals surface area contributed by atoms with E-state index in [1.54, 1.807) is 48.7 Å². The summed E-state index contributed by atoms with van der Waals surface area (Å²) >= 11 is 0. The number of nitrogens with zero attached hydrogens (tertiary/aromatic N) is 3. The average Bonchev–Trinajstić information content (AvgIpc) is 3.17. The molecule has 2 aromatic carbocycles. The van der Waals surface area contributed by atoms with Gasteiger partial charge in [-0.05, 0) is 42.3 Å². The van der Waals surface area contributed by atoms with Gasteiger partial charge in [-0.1, -0.05) is 23.3 Å². The summed E-state index contributed by atoms with van der Waals surface area (Å²) in [7, 11) is -3.77. The lowest BCUT2D eigenvalue weighted by Gasteiger charge is -2.05. The number of aliphatic hydroxyl groups excluding tert-OH is 1. The fraction of sp³-hybridized carbons (Fsp3) is 0.0500. The number of nitrogens with two attached hydrogens (primary N) is 1. The molecular formula is C20H17N5O5S. The quantitative estimate of drug-likeness (QED) is 0.475. The van der Waals surface area contributed by atoms with Gasteiger partial charge in [0.1, 0.15) is 18.3 Å². The third-order valence-corrected chi connectivity index (χ3v) is 4.75. The van der Waals surface area contributed by atoms with Crippen LogP contribution in [0.5, 0.6) is 0 Å². The maximum Gasteiger partial charge on any atom is 0.246 e. The number of anilines is 1. The van der Waals surface area contributed by atoms with Gasteiger partial charge in [0.15, 0.2) is 0 Å². The number of primary sulfonamides is 1. The van der Waals surface area contributed by atoms with Gasteiger partial charge in [0.2, 0.25) is 15.9 Å². The van der Waals surface area contributed by atoms with E-state index in [2.05, 4.69) is 33.4 Å². The van der Waals surface area contributed by atoms with Crippen molar-refractivity contribution in [1.29, 1.82) is 0 Å². The van der Waals surface area contributed by atoms with Crippen LogP contribution in [0.25, 0.3) is 11.3 Å². The summed E-state index contributed by atoms with van der Waals surface area (Å²) in [5.74, 6) is 7.12. The molecule has 0 atom stereocenters. The fourth-order valence-corrected chi connectivity index (χ4v) is 2.95. The van der Waals surface area contributed by atoms with Crippen LogP contribution in [0.2, 0.25) is 0 Å². The van der Waals surface area contributed by atoms with E-state index in [4.69, 9.17) is 10.2 Å². The lowest BCUT2D eigenvalue weighted by Crippen LogP contribution is -2.19. The van der Waals surface area contributed by atoms with E-state index in [1.807, 2.05) is 0 Å². The first-order valence-electron chi connectivity index (χ1n) is 8.43. The summed E-state index contributed by atoms with van der Waals surface area (Å²) in [5, 5.41) is 24.1. The molecular weight excluding hydrogens is 422 g/mol. The third-order valence-electron chi connectivity index (χ3n) is 3.82. The van der Waals surface area contributed by atoms with Crippen LogP contribution in [0.15, 0.2) is 59.6 Å². The van der Waals surface area contributed by atoms with Crippen LogP contribution >= 0.6 is 0 Å². The molecule has 0 saturated heterocycles. The van der Waals surface area contributed by atoms with Gasteiger partial charge in [-0.2, -0.15) is 0 Å². The van der Waals surface area contributed by atoms with Crippen LogP contribution in [-0.4, -0.2) is 39.9 Å². The number of carbonyl (C=O) groups is 1. The second-order valence-electron chi connectivity index (χ2n) is 5.98. The molecule has 0 aliphatic rings. The maximum absolute atomic E-state index is 12.2. The molecule has 1 amide bonds. The Labute approximate surface area is 178 Å². The van der Waals surface area contributed by atoms with E-state index in [0.717, 1.165) is 0 Å². The third kappa shape index (κ3) is 6.42. The molecule has 3 aromatic rings. The lowest BCUT2D eigenvalue weighted by atomic mass is 10.2. The highest BCUT2D eigenvalue weighted by Crippen LogP contribution is 2.18. The van der Waals surface area contributed by atoms with Crippen LogP contribution in [0.1, 0.15) is 5.56 Å². The zero-order valence-electron chi connectivity index (χ0n) is 15.9. The topological polar surface area (TPSA) is 172 Å². The van der Waals surface area contributed by atoms with Crippen LogP contribution < -0.4 is 10.5 Å². The van der Waals surface area contributed by atoms with E-state index in [-0.39, 0.29) is 22.8 Å². The van der Waals surface area contributed by atoms with Crippen molar-refractivity contribution in [3.05, 3.63) is 60.3 Å². The fourth-order valence-electron chi connectivity index (χ4n) is 2.44. The molecule has 0 bridgehead atoms. The molecule has 11 heteroatoms. The number of carbonyl (C=O) groups excluding carboxylic acids is 1. The van der Waals surface area contributed by atoms with Crippen molar-refractivity contribution in [3.8, 4) is 35.1 Å². The number of hydrogen-bond donors (Lipinski definition) is 3. The van der Waals surface area contributed by atoms with Gasteiger partial charge in [0.05, 0.1) is 11.1 Å². The standard InChI is InChI=1S/C20H15N5O4S.H2O/c21-30(28,29)18-10-6-16(7-11-18)19-13-25(24-23-19)14-20(27)22-17-8-4-15(5-9-17)3-1-2-12-26;/h4-11,13,26H,14H2,(H,22,27)(H2,21,28,29);1H2. The SMILES string of the molecule is NS(=O)(=O)c1ccc(-c2cn(CC(=O)Nc3ccc(C#CC#CO)cc3)nn2)cc1.O. The Balaban J connectivity index is 0.00000341. The first kappa shape index (κ1) is 23.1. The highest BCUT2D eigenvalue weighted by Gasteiger charge is 2.11. The molecule has 0 saturated carbocycles. The zero-order chi connectivity index (χ0) is 21.6. The molecule has 0 aliphatic heterocycles. The number of aromatic nitrogens is 3. The monoisotopic (exact) mass is 439 g/mol. The van der Waals surface area contributed by atoms with Gasteiger partial charge in [-0.3, -0.25) is 4.79 Å². The van der Waals surface area contributed by atoms with Crippen molar-refractivity contribution in [1.82, 2.24) is 15.0 Å². The highest BCUT2D eigenvalue weighted by molar-refractivity contribution is 7.89. The minimum atomic E-state index is -3.77. The number of hydrogen-bond acceptors (Lipinski definition) is 6. The lowest BCUT2D eigenvalue weighted by molar-refractivity contribution is -0.116. The highest BCUT2D eigenvalue weighted by atomic mass is 32.2. The summed E-state index contributed by atoms with van der Waals surface area (Å²) in [4.78, 5) is 12.2. The van der Waals surface area contributed by atoms with Crippen LogP contribution in [-0.2, 0) is 21.4 Å². The second kappa shape index (κ2) is 10.0. The molecule has 6 N–H and O–H groups in total. The van der Waals surface area contributed by atoms with Crippen LogP contribution in [0, 0.1) is 23.9 Å². The normalized spacial score (nSPS) is 9.97. The number of amides is 1. The van der Waals surface area contributed by atoms with Crippen molar-refractivity contribution >= 4 is 21.6 Å². The number of aliphatic hydroxyl groups is 1. The Bertz CT molecular complexity index is 1290. The second-order valence-corrected chi connectivity index (χ2v) is 7.54.